The van der Waals surface area contributed by atoms with Crippen LogP contribution < -0.4 is 10.8 Å². The third kappa shape index (κ3) is 9.18. The van der Waals surface area contributed by atoms with E-state index >= 15 is 0 Å². The van der Waals surface area contributed by atoms with Gasteiger partial charge in [-0.3, -0.25) is 28.8 Å². The first-order valence-corrected chi connectivity index (χ1v) is 12.6. The fourth-order valence-corrected chi connectivity index (χ4v) is 4.10. The molecule has 0 spiro atoms. The van der Waals surface area contributed by atoms with E-state index in [4.69, 9.17) is 9.57 Å². The van der Waals surface area contributed by atoms with Crippen molar-refractivity contribution in [3.63, 3.8) is 0 Å². The van der Waals surface area contributed by atoms with Crippen molar-refractivity contribution in [2.24, 2.45) is 23.7 Å². The molecule has 9 heteroatoms. The van der Waals surface area contributed by atoms with Crippen molar-refractivity contribution in [2.75, 3.05) is 6.61 Å². The van der Waals surface area contributed by atoms with Gasteiger partial charge in [0.2, 0.25) is 11.7 Å². The molecule has 1 aliphatic heterocycles. The number of carbonyl (C=O) groups excluding carboxylic acids is 5. The van der Waals surface area contributed by atoms with Crippen molar-refractivity contribution in [1.29, 1.82) is 0 Å². The van der Waals surface area contributed by atoms with Crippen LogP contribution >= 0.6 is 0 Å². The minimum atomic E-state index is -0.867. The van der Waals surface area contributed by atoms with Crippen LogP contribution in [-0.2, 0) is 40.2 Å². The second-order valence-corrected chi connectivity index (χ2v) is 9.94. The Morgan fingerprint density at radius 3 is 2.39 bits per heavy atom. The Morgan fingerprint density at radius 1 is 1.06 bits per heavy atom. The SMILES string of the molecule is CC(C)C(CC(=O)OCc1ccccc1)C(=O)NC(C(=O)CC1CCCCONC(=O)C1=O)C(C)C. The molecule has 1 aromatic carbocycles. The summed E-state index contributed by atoms with van der Waals surface area (Å²) in [5.74, 6) is -4.67. The molecule has 3 atom stereocenters. The zero-order valence-corrected chi connectivity index (χ0v) is 21.6. The fraction of sp³-hybridized carbons (Fsp3) is 0.593. The van der Waals surface area contributed by atoms with E-state index in [-0.39, 0.29) is 37.1 Å². The first-order valence-electron chi connectivity index (χ1n) is 12.6. The fourth-order valence-electron chi connectivity index (χ4n) is 4.10. The molecule has 2 amide bonds. The van der Waals surface area contributed by atoms with Gasteiger partial charge in [-0.2, -0.15) is 0 Å². The Balaban J connectivity index is 2.02. The standard InChI is InChI=1S/C27H38N2O7/c1-17(2)21(15-23(31)35-16-19-10-6-5-7-11-19)26(33)28-24(18(3)4)22(30)14-20-12-8-9-13-36-29-27(34)25(20)32/h5-7,10-11,17-18,20-21,24H,8-9,12-16H2,1-4H3,(H,28,33)(H,29,34). The number of amides is 2. The van der Waals surface area contributed by atoms with Gasteiger partial charge in [0.05, 0.1) is 25.0 Å². The number of nitrogens with one attached hydrogen (secondary N) is 2. The monoisotopic (exact) mass is 502 g/mol. The molecule has 1 aliphatic rings. The van der Waals surface area contributed by atoms with E-state index in [0.717, 1.165) is 5.56 Å². The highest BCUT2D eigenvalue weighted by atomic mass is 16.7. The average molecular weight is 503 g/mol. The zero-order chi connectivity index (χ0) is 26.7. The molecule has 1 heterocycles. The predicted octanol–water partition coefficient (Wildman–Crippen LogP) is 2.91. The maximum absolute atomic E-state index is 13.2. The predicted molar refractivity (Wildman–Crippen MR) is 132 cm³/mol. The lowest BCUT2D eigenvalue weighted by molar-refractivity contribution is -0.149. The van der Waals surface area contributed by atoms with Crippen LogP contribution in [0.15, 0.2) is 30.3 Å². The summed E-state index contributed by atoms with van der Waals surface area (Å²) in [6.45, 7) is 7.68. The van der Waals surface area contributed by atoms with Gasteiger partial charge in [-0.05, 0) is 30.2 Å². The van der Waals surface area contributed by atoms with Crippen LogP contribution in [0.5, 0.6) is 0 Å². The molecule has 2 rings (SSSR count). The van der Waals surface area contributed by atoms with Crippen LogP contribution in [0.2, 0.25) is 0 Å². The molecule has 2 N–H and O–H groups in total. The van der Waals surface area contributed by atoms with Crippen LogP contribution in [0.4, 0.5) is 0 Å². The van der Waals surface area contributed by atoms with E-state index in [1.54, 1.807) is 13.8 Å². The lowest BCUT2D eigenvalue weighted by Crippen LogP contribution is -2.49. The van der Waals surface area contributed by atoms with Crippen molar-refractivity contribution in [2.45, 2.75) is 72.4 Å². The quantitative estimate of drug-likeness (QED) is 0.352. The number of hydrogen-bond donors (Lipinski definition) is 2. The van der Waals surface area contributed by atoms with Gasteiger partial charge >= 0.3 is 11.9 Å². The number of hydrogen-bond acceptors (Lipinski definition) is 7. The zero-order valence-electron chi connectivity index (χ0n) is 21.6. The average Bonchev–Trinajstić information content (AvgIpc) is 2.91. The van der Waals surface area contributed by atoms with Gasteiger partial charge in [-0.15, -0.1) is 0 Å². The summed E-state index contributed by atoms with van der Waals surface area (Å²) >= 11 is 0. The highest BCUT2D eigenvalue weighted by Crippen LogP contribution is 2.21. The van der Waals surface area contributed by atoms with Crippen molar-refractivity contribution in [3.8, 4) is 0 Å². The largest absolute Gasteiger partial charge is 0.461 e. The molecular weight excluding hydrogens is 464 g/mol. The minimum absolute atomic E-state index is 0.114. The Bertz CT molecular complexity index is 914. The van der Waals surface area contributed by atoms with Gasteiger partial charge in [0, 0.05) is 12.3 Å². The summed E-state index contributed by atoms with van der Waals surface area (Å²) in [6, 6.07) is 8.41. The van der Waals surface area contributed by atoms with Crippen LogP contribution in [-0.4, -0.2) is 42.0 Å². The van der Waals surface area contributed by atoms with E-state index in [1.807, 2.05) is 44.2 Å². The Kier molecular flexibility index (Phi) is 11.7. The maximum Gasteiger partial charge on any atom is 0.311 e. The van der Waals surface area contributed by atoms with Crippen molar-refractivity contribution < 1.29 is 33.5 Å². The number of ether oxygens (including phenoxy) is 1. The van der Waals surface area contributed by atoms with Gasteiger partial charge in [-0.1, -0.05) is 64.4 Å². The highest BCUT2D eigenvalue weighted by molar-refractivity contribution is 6.37. The van der Waals surface area contributed by atoms with Crippen molar-refractivity contribution >= 4 is 29.4 Å². The maximum atomic E-state index is 13.2. The molecule has 3 unspecified atom stereocenters. The van der Waals surface area contributed by atoms with E-state index in [1.165, 1.54) is 0 Å². The van der Waals surface area contributed by atoms with Crippen molar-refractivity contribution in [1.82, 2.24) is 10.8 Å². The molecule has 0 bridgehead atoms. The number of ketones is 2. The van der Waals surface area contributed by atoms with Crippen molar-refractivity contribution in [3.05, 3.63) is 35.9 Å². The van der Waals surface area contributed by atoms with E-state index in [9.17, 15) is 24.0 Å². The molecule has 0 aromatic heterocycles. The molecular formula is C27H38N2O7. The van der Waals surface area contributed by atoms with E-state index in [2.05, 4.69) is 10.8 Å². The summed E-state index contributed by atoms with van der Waals surface area (Å²) in [5, 5.41) is 2.80. The molecule has 1 aromatic rings. The van der Waals surface area contributed by atoms with E-state index < -0.39 is 41.4 Å². The van der Waals surface area contributed by atoms with Gasteiger partial charge in [0.25, 0.3) is 0 Å². The summed E-state index contributed by atoms with van der Waals surface area (Å²) in [5.41, 5.74) is 2.96. The lowest BCUT2D eigenvalue weighted by atomic mass is 9.86. The number of benzene rings is 1. The number of rotatable bonds is 11. The number of carbonyl (C=O) groups is 5. The first kappa shape index (κ1) is 29.2. The minimum Gasteiger partial charge on any atom is -0.461 e. The third-order valence-corrected chi connectivity index (χ3v) is 6.34. The lowest BCUT2D eigenvalue weighted by Gasteiger charge is -2.27. The molecule has 0 radical (unpaired) electrons. The summed E-state index contributed by atoms with van der Waals surface area (Å²) in [7, 11) is 0. The summed E-state index contributed by atoms with van der Waals surface area (Å²) in [4.78, 5) is 68.2. The highest BCUT2D eigenvalue weighted by Gasteiger charge is 2.34. The molecule has 9 nitrogen and oxygen atoms in total. The Labute approximate surface area is 212 Å². The molecule has 36 heavy (non-hydrogen) atoms. The van der Waals surface area contributed by atoms with Gasteiger partial charge in [0.15, 0.2) is 5.78 Å². The van der Waals surface area contributed by atoms with Crippen LogP contribution in [0.1, 0.15) is 65.4 Å². The summed E-state index contributed by atoms with van der Waals surface area (Å²) < 4.78 is 5.34. The normalized spacial score (nSPS) is 18.4. The molecule has 1 fully saturated rings. The topological polar surface area (TPSA) is 128 Å². The van der Waals surface area contributed by atoms with Gasteiger partial charge in [0.1, 0.15) is 6.61 Å². The Hall–Kier alpha value is -3.07. The van der Waals surface area contributed by atoms with Crippen LogP contribution in [0, 0.1) is 23.7 Å². The number of esters is 1. The number of Topliss-reactive ketones (excluding diaryl/α,β-unsaturated/α-hetero) is 2. The van der Waals surface area contributed by atoms with E-state index in [0.29, 0.717) is 25.9 Å². The first-order chi connectivity index (χ1) is 17.1. The molecule has 0 saturated carbocycles. The molecule has 198 valence electrons. The summed E-state index contributed by atoms with van der Waals surface area (Å²) in [6.07, 6.45) is 1.41. The second-order valence-electron chi connectivity index (χ2n) is 9.94. The Morgan fingerprint density at radius 2 is 1.75 bits per heavy atom. The van der Waals surface area contributed by atoms with Gasteiger partial charge < -0.3 is 10.1 Å². The van der Waals surface area contributed by atoms with Crippen LogP contribution in [0.25, 0.3) is 0 Å². The smallest absolute Gasteiger partial charge is 0.311 e. The third-order valence-electron chi connectivity index (χ3n) is 6.34. The van der Waals surface area contributed by atoms with Crippen LogP contribution in [0.3, 0.4) is 0 Å². The molecule has 0 aliphatic carbocycles. The van der Waals surface area contributed by atoms with Gasteiger partial charge in [-0.25, -0.2) is 5.48 Å². The molecule has 1 saturated heterocycles. The number of hydroxylamine groups is 1. The second kappa shape index (κ2) is 14.5.